The fourth-order valence-electron chi connectivity index (χ4n) is 3.27. The molecule has 0 radical (unpaired) electrons. The smallest absolute Gasteiger partial charge is 0.180 e. The number of imidazole rings is 1. The normalized spacial score (nSPS) is 18.0. The highest BCUT2D eigenvalue weighted by molar-refractivity contribution is 5.73. The molecule has 118 valence electrons. The van der Waals surface area contributed by atoms with Gasteiger partial charge < -0.3 is 10.0 Å². The second kappa shape index (κ2) is 5.35. The van der Waals surface area contributed by atoms with Crippen molar-refractivity contribution in [2.45, 2.75) is 26.4 Å². The summed E-state index contributed by atoms with van der Waals surface area (Å²) >= 11 is 0. The van der Waals surface area contributed by atoms with Gasteiger partial charge in [-0.15, -0.1) is 0 Å². The Morgan fingerprint density at radius 1 is 1.22 bits per heavy atom. The van der Waals surface area contributed by atoms with E-state index < -0.39 is 0 Å². The molecule has 4 rings (SSSR count). The van der Waals surface area contributed by atoms with Crippen molar-refractivity contribution in [2.24, 2.45) is 0 Å². The zero-order chi connectivity index (χ0) is 16.0. The first kappa shape index (κ1) is 14.2. The molecule has 0 bridgehead atoms. The van der Waals surface area contributed by atoms with Crippen LogP contribution in [0.5, 0.6) is 0 Å². The van der Waals surface area contributed by atoms with Crippen molar-refractivity contribution in [1.29, 1.82) is 0 Å². The SMILES string of the molecule is Cc1ccc(C)c(-c2cnc3c(N4CCC(O)C4)nccn23)c1. The van der Waals surface area contributed by atoms with E-state index in [1.54, 1.807) is 0 Å². The van der Waals surface area contributed by atoms with E-state index in [-0.39, 0.29) is 6.10 Å². The summed E-state index contributed by atoms with van der Waals surface area (Å²) in [5.74, 6) is 0.848. The van der Waals surface area contributed by atoms with Crippen molar-refractivity contribution in [3.8, 4) is 11.3 Å². The van der Waals surface area contributed by atoms with Crippen LogP contribution < -0.4 is 4.90 Å². The maximum atomic E-state index is 9.79. The molecule has 1 aliphatic rings. The third-order valence-corrected chi connectivity index (χ3v) is 4.54. The fourth-order valence-corrected chi connectivity index (χ4v) is 3.27. The Bertz CT molecular complexity index is 871. The first-order valence-electron chi connectivity index (χ1n) is 7.96. The molecule has 2 aromatic heterocycles. The van der Waals surface area contributed by atoms with Gasteiger partial charge in [-0.05, 0) is 31.9 Å². The highest BCUT2D eigenvalue weighted by Gasteiger charge is 2.24. The quantitative estimate of drug-likeness (QED) is 0.790. The van der Waals surface area contributed by atoms with Crippen LogP contribution in [0.25, 0.3) is 16.9 Å². The average Bonchev–Trinajstić information content (AvgIpc) is 3.16. The first-order chi connectivity index (χ1) is 11.1. The van der Waals surface area contributed by atoms with Gasteiger partial charge in [-0.3, -0.25) is 4.40 Å². The topological polar surface area (TPSA) is 53.7 Å². The number of hydrogen-bond donors (Lipinski definition) is 1. The van der Waals surface area contributed by atoms with Crippen molar-refractivity contribution < 1.29 is 5.11 Å². The van der Waals surface area contributed by atoms with Gasteiger partial charge in [-0.1, -0.05) is 17.7 Å². The zero-order valence-electron chi connectivity index (χ0n) is 13.4. The minimum atomic E-state index is -0.273. The Kier molecular flexibility index (Phi) is 3.31. The van der Waals surface area contributed by atoms with Crippen LogP contribution in [-0.4, -0.2) is 38.7 Å². The molecule has 5 nitrogen and oxygen atoms in total. The number of nitrogens with zero attached hydrogens (tertiary/aromatic N) is 4. The number of rotatable bonds is 2. The van der Waals surface area contributed by atoms with Gasteiger partial charge >= 0.3 is 0 Å². The van der Waals surface area contributed by atoms with Gasteiger partial charge in [0.1, 0.15) is 0 Å². The van der Waals surface area contributed by atoms with Crippen LogP contribution in [0.2, 0.25) is 0 Å². The summed E-state index contributed by atoms with van der Waals surface area (Å²) in [7, 11) is 0. The second-order valence-corrected chi connectivity index (χ2v) is 6.29. The second-order valence-electron chi connectivity index (χ2n) is 6.29. The lowest BCUT2D eigenvalue weighted by Crippen LogP contribution is -2.23. The van der Waals surface area contributed by atoms with Crippen LogP contribution in [0.3, 0.4) is 0 Å². The Morgan fingerprint density at radius 3 is 2.87 bits per heavy atom. The van der Waals surface area contributed by atoms with Gasteiger partial charge in [0.15, 0.2) is 11.5 Å². The van der Waals surface area contributed by atoms with Gasteiger partial charge in [0, 0.05) is 31.0 Å². The van der Waals surface area contributed by atoms with Crippen molar-refractivity contribution in [2.75, 3.05) is 18.0 Å². The van der Waals surface area contributed by atoms with Crippen LogP contribution in [0, 0.1) is 13.8 Å². The molecule has 0 aliphatic carbocycles. The van der Waals surface area contributed by atoms with Crippen LogP contribution in [0.15, 0.2) is 36.8 Å². The number of fused-ring (bicyclic) bond motifs is 1. The predicted octanol–water partition coefficient (Wildman–Crippen LogP) is 2.58. The summed E-state index contributed by atoms with van der Waals surface area (Å²) in [6, 6.07) is 6.46. The number of aliphatic hydroxyl groups excluding tert-OH is 1. The van der Waals surface area contributed by atoms with Gasteiger partial charge in [0.25, 0.3) is 0 Å². The van der Waals surface area contributed by atoms with Crippen LogP contribution >= 0.6 is 0 Å². The number of aliphatic hydroxyl groups is 1. The summed E-state index contributed by atoms with van der Waals surface area (Å²) in [5, 5.41) is 9.79. The number of anilines is 1. The highest BCUT2D eigenvalue weighted by Crippen LogP contribution is 2.29. The van der Waals surface area contributed by atoms with E-state index in [1.165, 1.54) is 16.7 Å². The summed E-state index contributed by atoms with van der Waals surface area (Å²) < 4.78 is 2.09. The van der Waals surface area contributed by atoms with Gasteiger partial charge in [-0.2, -0.15) is 0 Å². The van der Waals surface area contributed by atoms with E-state index >= 15 is 0 Å². The van der Waals surface area contributed by atoms with Crippen LogP contribution in [0.1, 0.15) is 17.5 Å². The third kappa shape index (κ3) is 2.37. The lowest BCUT2D eigenvalue weighted by Gasteiger charge is -2.17. The molecule has 0 amide bonds. The van der Waals surface area contributed by atoms with Crippen molar-refractivity contribution in [3.63, 3.8) is 0 Å². The van der Waals surface area contributed by atoms with Crippen molar-refractivity contribution in [1.82, 2.24) is 14.4 Å². The average molecular weight is 308 g/mol. The molecule has 3 heterocycles. The summed E-state index contributed by atoms with van der Waals surface area (Å²) in [6.45, 7) is 5.66. The maximum absolute atomic E-state index is 9.79. The van der Waals surface area contributed by atoms with E-state index in [9.17, 15) is 5.11 Å². The number of benzene rings is 1. The lowest BCUT2D eigenvalue weighted by atomic mass is 10.0. The predicted molar refractivity (Wildman–Crippen MR) is 90.7 cm³/mol. The van der Waals surface area contributed by atoms with Gasteiger partial charge in [0.2, 0.25) is 0 Å². The summed E-state index contributed by atoms with van der Waals surface area (Å²) in [5.41, 5.74) is 5.57. The van der Waals surface area contributed by atoms with E-state index in [0.29, 0.717) is 6.54 Å². The standard InChI is InChI=1S/C18H20N4O/c1-12-3-4-13(2)15(9-12)16-10-20-18-17(19-6-8-22(16)18)21-7-5-14(23)11-21/h3-4,6,8-10,14,23H,5,7,11H2,1-2H3. The van der Waals surface area contributed by atoms with Gasteiger partial charge in [-0.25, -0.2) is 9.97 Å². The van der Waals surface area contributed by atoms with Gasteiger partial charge in [0.05, 0.1) is 18.0 Å². The fraction of sp³-hybridized carbons (Fsp3) is 0.333. The summed E-state index contributed by atoms with van der Waals surface area (Å²) in [6.07, 6.45) is 6.19. The Labute approximate surface area is 135 Å². The van der Waals surface area contributed by atoms with Crippen LogP contribution in [0.4, 0.5) is 5.82 Å². The molecule has 1 aromatic carbocycles. The first-order valence-corrected chi connectivity index (χ1v) is 7.96. The van der Waals surface area contributed by atoms with E-state index in [0.717, 1.165) is 30.1 Å². The maximum Gasteiger partial charge on any atom is 0.180 e. The Hall–Kier alpha value is -2.40. The molecule has 1 saturated heterocycles. The Morgan fingerprint density at radius 2 is 2.09 bits per heavy atom. The zero-order valence-corrected chi connectivity index (χ0v) is 13.4. The number of hydrogen-bond acceptors (Lipinski definition) is 4. The van der Waals surface area contributed by atoms with E-state index in [1.807, 2.05) is 18.6 Å². The molecule has 1 fully saturated rings. The molecular weight excluding hydrogens is 288 g/mol. The van der Waals surface area contributed by atoms with Crippen molar-refractivity contribution >= 4 is 11.5 Å². The lowest BCUT2D eigenvalue weighted by molar-refractivity contribution is 0.198. The molecule has 1 unspecified atom stereocenters. The number of aromatic nitrogens is 3. The van der Waals surface area contributed by atoms with E-state index in [4.69, 9.17) is 0 Å². The summed E-state index contributed by atoms with van der Waals surface area (Å²) in [4.78, 5) is 11.2. The molecule has 0 spiro atoms. The molecule has 5 heteroatoms. The Balaban J connectivity index is 1.86. The third-order valence-electron chi connectivity index (χ3n) is 4.54. The van der Waals surface area contributed by atoms with E-state index in [2.05, 4.69) is 51.3 Å². The van der Waals surface area contributed by atoms with Crippen LogP contribution in [-0.2, 0) is 0 Å². The molecule has 1 aliphatic heterocycles. The van der Waals surface area contributed by atoms with Crippen molar-refractivity contribution in [3.05, 3.63) is 47.9 Å². The monoisotopic (exact) mass is 308 g/mol. The molecule has 3 aromatic rings. The molecular formula is C18H20N4O. The number of aryl methyl sites for hydroxylation is 2. The molecule has 23 heavy (non-hydrogen) atoms. The molecule has 0 saturated carbocycles. The highest BCUT2D eigenvalue weighted by atomic mass is 16.3. The minimum absolute atomic E-state index is 0.273. The molecule has 1 atom stereocenters. The number of β-amino-alcohol motifs (C(OH)–C–C–N with tert-alkyl or cyclic N) is 1. The minimum Gasteiger partial charge on any atom is -0.391 e. The largest absolute Gasteiger partial charge is 0.391 e. The molecule has 1 N–H and O–H groups in total.